The number of hydrogen-bond acceptors (Lipinski definition) is 5. The number of hydrogen-bond donors (Lipinski definition) is 1. The van der Waals surface area contributed by atoms with Crippen LogP contribution in [0.4, 0.5) is 10.8 Å². The van der Waals surface area contributed by atoms with Crippen molar-refractivity contribution in [1.82, 2.24) is 4.98 Å². The zero-order valence-corrected chi connectivity index (χ0v) is 13.5. The summed E-state index contributed by atoms with van der Waals surface area (Å²) in [6.45, 7) is 1.97. The molecule has 0 fully saturated rings. The van der Waals surface area contributed by atoms with Crippen LogP contribution in [-0.2, 0) is 4.79 Å². The second-order valence-corrected chi connectivity index (χ2v) is 6.15. The molecule has 2 aromatic carbocycles. The summed E-state index contributed by atoms with van der Waals surface area (Å²) in [5.74, 6) is -0.335. The van der Waals surface area contributed by atoms with Crippen LogP contribution in [0.25, 0.3) is 16.3 Å². The largest absolute Gasteiger partial charge is 0.298 e. The predicted octanol–water partition coefficient (Wildman–Crippen LogP) is 4.16. The summed E-state index contributed by atoms with van der Waals surface area (Å²) in [6.07, 6.45) is 2.86. The topological polar surface area (TPSA) is 85.1 Å². The maximum Gasteiger partial charge on any atom is 0.270 e. The van der Waals surface area contributed by atoms with Crippen molar-refractivity contribution in [2.75, 3.05) is 5.32 Å². The van der Waals surface area contributed by atoms with E-state index in [-0.39, 0.29) is 11.6 Å². The fourth-order valence-electron chi connectivity index (χ4n) is 2.20. The fraction of sp³-hybridized carbons (Fsp3) is 0.0588. The van der Waals surface area contributed by atoms with Gasteiger partial charge in [-0.2, -0.15) is 0 Å². The average Bonchev–Trinajstić information content (AvgIpc) is 2.97. The molecule has 0 spiro atoms. The van der Waals surface area contributed by atoms with Crippen molar-refractivity contribution in [3.8, 4) is 0 Å². The number of non-ortho nitro benzene ring substituents is 1. The van der Waals surface area contributed by atoms with Gasteiger partial charge in [0.25, 0.3) is 5.69 Å². The van der Waals surface area contributed by atoms with Gasteiger partial charge in [0.1, 0.15) is 0 Å². The normalized spacial score (nSPS) is 11.0. The van der Waals surface area contributed by atoms with Gasteiger partial charge < -0.3 is 0 Å². The van der Waals surface area contributed by atoms with Crippen molar-refractivity contribution >= 4 is 44.4 Å². The van der Waals surface area contributed by atoms with E-state index < -0.39 is 4.92 Å². The fourth-order valence-corrected chi connectivity index (χ4v) is 3.15. The number of nitro benzene ring substituents is 1. The Morgan fingerprint density at radius 2 is 2.08 bits per heavy atom. The van der Waals surface area contributed by atoms with Crippen LogP contribution in [0.15, 0.2) is 48.5 Å². The number of rotatable bonds is 4. The van der Waals surface area contributed by atoms with Gasteiger partial charge in [-0.1, -0.05) is 35.6 Å². The van der Waals surface area contributed by atoms with Crippen molar-refractivity contribution in [3.63, 3.8) is 0 Å². The van der Waals surface area contributed by atoms with Gasteiger partial charge in [0.05, 0.1) is 15.1 Å². The standard InChI is InChI=1S/C17H13N3O3S/c1-11-4-2-7-14-16(11)19-17(24-14)18-15(21)9-8-12-5-3-6-13(10-12)20(22)23/h2-10H,1H3,(H,18,19,21)/b9-8+. The SMILES string of the molecule is Cc1cccc2sc(NC(=O)/C=C/c3cccc([N+](=O)[O-])c3)nc12. The highest BCUT2D eigenvalue weighted by Gasteiger charge is 2.08. The summed E-state index contributed by atoms with van der Waals surface area (Å²) in [5, 5.41) is 14.0. The lowest BCUT2D eigenvalue weighted by Gasteiger charge is -1.96. The molecule has 1 amide bonds. The Hall–Kier alpha value is -3.06. The second-order valence-electron chi connectivity index (χ2n) is 5.12. The zero-order chi connectivity index (χ0) is 17.1. The second kappa shape index (κ2) is 6.59. The molecule has 0 aliphatic carbocycles. The minimum Gasteiger partial charge on any atom is -0.298 e. The molecule has 1 N–H and O–H groups in total. The molecule has 24 heavy (non-hydrogen) atoms. The third kappa shape index (κ3) is 3.47. The van der Waals surface area contributed by atoms with E-state index in [1.807, 2.05) is 25.1 Å². The molecule has 0 aliphatic heterocycles. The first-order valence-corrected chi connectivity index (χ1v) is 7.94. The lowest BCUT2D eigenvalue weighted by molar-refractivity contribution is -0.384. The lowest BCUT2D eigenvalue weighted by Crippen LogP contribution is -2.07. The molecule has 3 aromatic rings. The van der Waals surface area contributed by atoms with Crippen LogP contribution in [-0.4, -0.2) is 15.8 Å². The van der Waals surface area contributed by atoms with Gasteiger partial charge in [-0.15, -0.1) is 0 Å². The van der Waals surface area contributed by atoms with Crippen LogP contribution in [0.5, 0.6) is 0 Å². The van der Waals surface area contributed by atoms with E-state index in [1.54, 1.807) is 12.1 Å². The first-order chi connectivity index (χ1) is 11.5. The molecule has 0 saturated carbocycles. The number of carbonyl (C=O) groups excluding carboxylic acids is 1. The molecular formula is C17H13N3O3S. The molecule has 0 unspecified atom stereocenters. The molecule has 1 aromatic heterocycles. The molecule has 3 rings (SSSR count). The Bertz CT molecular complexity index is 963. The number of thiazole rings is 1. The quantitative estimate of drug-likeness (QED) is 0.439. The van der Waals surface area contributed by atoms with Crippen LogP contribution in [0.3, 0.4) is 0 Å². The summed E-state index contributed by atoms with van der Waals surface area (Å²) < 4.78 is 1.01. The number of para-hydroxylation sites is 1. The first-order valence-electron chi connectivity index (χ1n) is 7.12. The molecule has 6 nitrogen and oxygen atoms in total. The molecule has 7 heteroatoms. The number of aryl methyl sites for hydroxylation is 1. The molecule has 1 heterocycles. The summed E-state index contributed by atoms with van der Waals surface area (Å²) in [7, 11) is 0. The van der Waals surface area contributed by atoms with Crippen LogP contribution in [0.2, 0.25) is 0 Å². The number of aromatic nitrogens is 1. The van der Waals surface area contributed by atoms with Gasteiger partial charge in [-0.3, -0.25) is 20.2 Å². The van der Waals surface area contributed by atoms with Gasteiger partial charge in [-0.05, 0) is 30.2 Å². The van der Waals surface area contributed by atoms with Crippen molar-refractivity contribution in [3.05, 3.63) is 69.8 Å². The highest BCUT2D eigenvalue weighted by Crippen LogP contribution is 2.27. The summed E-state index contributed by atoms with van der Waals surface area (Å²) in [5.41, 5.74) is 2.50. The number of anilines is 1. The zero-order valence-electron chi connectivity index (χ0n) is 12.7. The molecule has 0 saturated heterocycles. The summed E-state index contributed by atoms with van der Waals surface area (Å²) >= 11 is 1.40. The van der Waals surface area contributed by atoms with E-state index in [9.17, 15) is 14.9 Å². The molecule has 120 valence electrons. The summed E-state index contributed by atoms with van der Waals surface area (Å²) in [4.78, 5) is 26.7. The number of fused-ring (bicyclic) bond motifs is 1. The van der Waals surface area contributed by atoms with E-state index >= 15 is 0 Å². The average molecular weight is 339 g/mol. The number of amides is 1. The monoisotopic (exact) mass is 339 g/mol. The third-order valence-electron chi connectivity index (χ3n) is 3.36. The maximum atomic E-state index is 12.0. The van der Waals surface area contributed by atoms with Crippen molar-refractivity contribution in [2.45, 2.75) is 6.92 Å². The molecule has 0 atom stereocenters. The number of benzene rings is 2. The highest BCUT2D eigenvalue weighted by atomic mass is 32.1. The van der Waals surface area contributed by atoms with Crippen LogP contribution >= 0.6 is 11.3 Å². The Labute approximate surface area is 141 Å². The molecule has 0 aliphatic rings. The van der Waals surface area contributed by atoms with E-state index in [2.05, 4.69) is 10.3 Å². The number of nitrogens with one attached hydrogen (secondary N) is 1. The molecule has 0 bridgehead atoms. The minimum absolute atomic E-state index is 0.0146. The van der Waals surface area contributed by atoms with Gasteiger partial charge in [0, 0.05) is 18.2 Å². The molecular weight excluding hydrogens is 326 g/mol. The van der Waals surface area contributed by atoms with Gasteiger partial charge >= 0.3 is 0 Å². The first kappa shape index (κ1) is 15.8. The van der Waals surface area contributed by atoms with E-state index in [0.29, 0.717) is 10.7 Å². The van der Waals surface area contributed by atoms with Crippen molar-refractivity contribution < 1.29 is 9.72 Å². The summed E-state index contributed by atoms with van der Waals surface area (Å²) in [6, 6.07) is 11.9. The Morgan fingerprint density at radius 3 is 2.83 bits per heavy atom. The lowest BCUT2D eigenvalue weighted by atomic mass is 10.2. The smallest absolute Gasteiger partial charge is 0.270 e. The van der Waals surface area contributed by atoms with Crippen LogP contribution in [0.1, 0.15) is 11.1 Å². The number of carbonyl (C=O) groups is 1. The number of nitrogens with zero attached hydrogens (tertiary/aromatic N) is 2. The van der Waals surface area contributed by atoms with Gasteiger partial charge in [-0.25, -0.2) is 4.98 Å². The maximum absolute atomic E-state index is 12.0. The van der Waals surface area contributed by atoms with Crippen molar-refractivity contribution in [1.29, 1.82) is 0 Å². The third-order valence-corrected chi connectivity index (χ3v) is 4.30. The highest BCUT2D eigenvalue weighted by molar-refractivity contribution is 7.22. The Morgan fingerprint density at radius 1 is 1.29 bits per heavy atom. The Balaban J connectivity index is 1.73. The molecule has 0 radical (unpaired) electrons. The van der Waals surface area contributed by atoms with Crippen LogP contribution in [0, 0.1) is 17.0 Å². The predicted molar refractivity (Wildman–Crippen MR) is 95.1 cm³/mol. The van der Waals surface area contributed by atoms with Crippen LogP contribution < -0.4 is 5.32 Å². The van der Waals surface area contributed by atoms with Gasteiger partial charge in [0.2, 0.25) is 5.91 Å². The minimum atomic E-state index is -0.471. The van der Waals surface area contributed by atoms with E-state index in [4.69, 9.17) is 0 Å². The van der Waals surface area contributed by atoms with E-state index in [0.717, 1.165) is 15.8 Å². The van der Waals surface area contributed by atoms with E-state index in [1.165, 1.54) is 35.6 Å². The Kier molecular flexibility index (Phi) is 4.35. The number of nitro groups is 1. The van der Waals surface area contributed by atoms with Crippen molar-refractivity contribution in [2.24, 2.45) is 0 Å². The van der Waals surface area contributed by atoms with Gasteiger partial charge in [0.15, 0.2) is 5.13 Å².